The quantitative estimate of drug-likeness (QED) is 0.660. The highest BCUT2D eigenvalue weighted by Gasteiger charge is 1.95. The standard InChI is InChI=1S/C14H15N3.ClH/c15-14-9-5-4-8-13(14)11-17-16-10-12-6-2-1-3-7-12;/h1-9H,10-11,15H2;1H. The number of nitrogens with zero attached hydrogens (tertiary/aromatic N) is 2. The van der Waals surface area contributed by atoms with E-state index in [0.29, 0.717) is 13.1 Å². The Morgan fingerprint density at radius 2 is 1.39 bits per heavy atom. The summed E-state index contributed by atoms with van der Waals surface area (Å²) >= 11 is 0. The van der Waals surface area contributed by atoms with E-state index < -0.39 is 0 Å². The fourth-order valence-electron chi connectivity index (χ4n) is 1.52. The Morgan fingerprint density at radius 3 is 2.11 bits per heavy atom. The minimum absolute atomic E-state index is 0. The molecular formula is C14H16ClN3. The van der Waals surface area contributed by atoms with E-state index in [1.165, 1.54) is 0 Å². The SMILES string of the molecule is Cl.Nc1ccccc1CN=NCc1ccccc1. The van der Waals surface area contributed by atoms with Crippen LogP contribution in [0.3, 0.4) is 0 Å². The van der Waals surface area contributed by atoms with Crippen LogP contribution in [0.4, 0.5) is 5.69 Å². The number of nitrogen functional groups attached to an aromatic ring is 1. The number of benzene rings is 2. The van der Waals surface area contributed by atoms with Gasteiger partial charge in [-0.15, -0.1) is 12.4 Å². The number of halogens is 1. The lowest BCUT2D eigenvalue weighted by atomic mass is 10.2. The Labute approximate surface area is 113 Å². The third kappa shape index (κ3) is 4.18. The second-order valence-electron chi connectivity index (χ2n) is 3.78. The largest absolute Gasteiger partial charge is 0.398 e. The van der Waals surface area contributed by atoms with Gasteiger partial charge in [-0.2, -0.15) is 10.2 Å². The molecule has 0 spiro atoms. The van der Waals surface area contributed by atoms with E-state index >= 15 is 0 Å². The minimum Gasteiger partial charge on any atom is -0.398 e. The number of rotatable bonds is 4. The molecule has 0 amide bonds. The van der Waals surface area contributed by atoms with Gasteiger partial charge in [-0.3, -0.25) is 0 Å². The summed E-state index contributed by atoms with van der Waals surface area (Å²) in [6.45, 7) is 1.16. The number of para-hydroxylation sites is 1. The first-order chi connectivity index (χ1) is 8.36. The molecule has 94 valence electrons. The second-order valence-corrected chi connectivity index (χ2v) is 3.78. The predicted octanol–water partition coefficient (Wildman–Crippen LogP) is 3.84. The van der Waals surface area contributed by atoms with E-state index in [-0.39, 0.29) is 12.4 Å². The van der Waals surface area contributed by atoms with Crippen molar-refractivity contribution < 1.29 is 0 Å². The summed E-state index contributed by atoms with van der Waals surface area (Å²) in [6.07, 6.45) is 0. The zero-order valence-corrected chi connectivity index (χ0v) is 10.8. The van der Waals surface area contributed by atoms with E-state index in [9.17, 15) is 0 Å². The van der Waals surface area contributed by atoms with Crippen molar-refractivity contribution in [2.45, 2.75) is 13.1 Å². The Bertz CT molecular complexity index is 497. The first-order valence-electron chi connectivity index (χ1n) is 5.57. The third-order valence-electron chi connectivity index (χ3n) is 2.49. The van der Waals surface area contributed by atoms with Crippen LogP contribution in [0.2, 0.25) is 0 Å². The Balaban J connectivity index is 0.00000162. The summed E-state index contributed by atoms with van der Waals surface area (Å²) < 4.78 is 0. The van der Waals surface area contributed by atoms with Crippen molar-refractivity contribution in [3.05, 3.63) is 65.7 Å². The zero-order valence-electron chi connectivity index (χ0n) is 9.99. The molecule has 2 rings (SSSR count). The van der Waals surface area contributed by atoms with Gasteiger partial charge in [0.1, 0.15) is 0 Å². The summed E-state index contributed by atoms with van der Waals surface area (Å²) in [6, 6.07) is 17.8. The van der Waals surface area contributed by atoms with Gasteiger partial charge in [0.05, 0.1) is 13.1 Å². The molecule has 0 aliphatic carbocycles. The molecule has 0 saturated carbocycles. The van der Waals surface area contributed by atoms with Gasteiger partial charge in [0.2, 0.25) is 0 Å². The average molecular weight is 262 g/mol. The Morgan fingerprint density at radius 1 is 0.778 bits per heavy atom. The molecule has 2 N–H and O–H groups in total. The van der Waals surface area contributed by atoms with E-state index in [4.69, 9.17) is 5.73 Å². The molecule has 18 heavy (non-hydrogen) atoms. The number of hydrogen-bond donors (Lipinski definition) is 1. The van der Waals surface area contributed by atoms with Crippen molar-refractivity contribution in [2.24, 2.45) is 10.2 Å². The van der Waals surface area contributed by atoms with Crippen LogP contribution in [-0.2, 0) is 13.1 Å². The van der Waals surface area contributed by atoms with Crippen LogP contribution < -0.4 is 5.73 Å². The van der Waals surface area contributed by atoms with Crippen molar-refractivity contribution in [2.75, 3.05) is 5.73 Å². The monoisotopic (exact) mass is 261 g/mol. The summed E-state index contributed by atoms with van der Waals surface area (Å²) in [5, 5.41) is 8.29. The molecule has 0 aromatic heterocycles. The molecule has 0 saturated heterocycles. The summed E-state index contributed by atoms with van der Waals surface area (Å²) in [5.74, 6) is 0. The smallest absolute Gasteiger partial charge is 0.0869 e. The van der Waals surface area contributed by atoms with Crippen molar-refractivity contribution in [3.8, 4) is 0 Å². The topological polar surface area (TPSA) is 50.7 Å². The average Bonchev–Trinajstić information content (AvgIpc) is 2.38. The van der Waals surface area contributed by atoms with Gasteiger partial charge in [-0.1, -0.05) is 48.5 Å². The molecule has 0 aliphatic heterocycles. The highest BCUT2D eigenvalue weighted by atomic mass is 35.5. The fraction of sp³-hybridized carbons (Fsp3) is 0.143. The van der Waals surface area contributed by atoms with Crippen molar-refractivity contribution in [1.82, 2.24) is 0 Å². The third-order valence-corrected chi connectivity index (χ3v) is 2.49. The van der Waals surface area contributed by atoms with Crippen LogP contribution in [0.5, 0.6) is 0 Å². The van der Waals surface area contributed by atoms with Crippen LogP contribution >= 0.6 is 12.4 Å². The van der Waals surface area contributed by atoms with Crippen LogP contribution in [0.25, 0.3) is 0 Å². The number of anilines is 1. The summed E-state index contributed by atoms with van der Waals surface area (Å²) in [7, 11) is 0. The van der Waals surface area contributed by atoms with Gasteiger partial charge in [0.15, 0.2) is 0 Å². The molecule has 0 atom stereocenters. The molecule has 0 fully saturated rings. The van der Waals surface area contributed by atoms with Gasteiger partial charge in [-0.05, 0) is 17.2 Å². The fourth-order valence-corrected chi connectivity index (χ4v) is 1.52. The number of nitrogens with two attached hydrogens (primary N) is 1. The molecule has 3 nitrogen and oxygen atoms in total. The molecule has 0 heterocycles. The van der Waals surface area contributed by atoms with Gasteiger partial charge in [-0.25, -0.2) is 0 Å². The lowest BCUT2D eigenvalue weighted by Gasteiger charge is -2.00. The maximum Gasteiger partial charge on any atom is 0.0869 e. The van der Waals surface area contributed by atoms with Crippen molar-refractivity contribution in [1.29, 1.82) is 0 Å². The lowest BCUT2D eigenvalue weighted by molar-refractivity contribution is 0.852. The van der Waals surface area contributed by atoms with Gasteiger partial charge in [0, 0.05) is 5.69 Å². The maximum atomic E-state index is 5.81. The van der Waals surface area contributed by atoms with Crippen molar-refractivity contribution >= 4 is 18.1 Å². The van der Waals surface area contributed by atoms with Crippen LogP contribution in [-0.4, -0.2) is 0 Å². The zero-order chi connectivity index (χ0) is 11.9. The molecular weight excluding hydrogens is 246 g/mol. The normalized spacial score (nSPS) is 10.2. The lowest BCUT2D eigenvalue weighted by Crippen LogP contribution is -1.91. The molecule has 0 bridgehead atoms. The molecule has 0 radical (unpaired) electrons. The van der Waals surface area contributed by atoms with E-state index in [1.54, 1.807) is 0 Å². The molecule has 0 aliphatic rings. The molecule has 2 aromatic carbocycles. The molecule has 0 unspecified atom stereocenters. The second kappa shape index (κ2) is 7.45. The van der Waals surface area contributed by atoms with Gasteiger partial charge < -0.3 is 5.73 Å². The number of azo groups is 1. The van der Waals surface area contributed by atoms with Crippen LogP contribution in [0.15, 0.2) is 64.8 Å². The maximum absolute atomic E-state index is 5.81. The summed E-state index contributed by atoms with van der Waals surface area (Å²) in [4.78, 5) is 0. The van der Waals surface area contributed by atoms with E-state index in [0.717, 1.165) is 16.8 Å². The predicted molar refractivity (Wildman–Crippen MR) is 76.8 cm³/mol. The molecule has 4 heteroatoms. The van der Waals surface area contributed by atoms with E-state index in [2.05, 4.69) is 10.2 Å². The highest BCUT2D eigenvalue weighted by Crippen LogP contribution is 2.11. The van der Waals surface area contributed by atoms with Crippen molar-refractivity contribution in [3.63, 3.8) is 0 Å². The Hall–Kier alpha value is -1.87. The van der Waals surface area contributed by atoms with Crippen LogP contribution in [0.1, 0.15) is 11.1 Å². The van der Waals surface area contributed by atoms with Crippen LogP contribution in [0, 0.1) is 0 Å². The van der Waals surface area contributed by atoms with Gasteiger partial charge in [0.25, 0.3) is 0 Å². The Kier molecular flexibility index (Phi) is 5.88. The van der Waals surface area contributed by atoms with E-state index in [1.807, 2.05) is 54.6 Å². The number of hydrogen-bond acceptors (Lipinski definition) is 3. The highest BCUT2D eigenvalue weighted by molar-refractivity contribution is 5.85. The van der Waals surface area contributed by atoms with Gasteiger partial charge >= 0.3 is 0 Å². The molecule has 2 aromatic rings. The minimum atomic E-state index is 0. The first-order valence-corrected chi connectivity index (χ1v) is 5.57. The first kappa shape index (κ1) is 14.2. The summed E-state index contributed by atoms with van der Waals surface area (Å²) in [5.41, 5.74) is 8.76.